The highest BCUT2D eigenvalue weighted by Gasteiger charge is 2.28. The van der Waals surface area contributed by atoms with Crippen LogP contribution in [0.3, 0.4) is 0 Å². The van der Waals surface area contributed by atoms with Crippen LogP contribution in [0.1, 0.15) is 16.1 Å². The summed E-state index contributed by atoms with van der Waals surface area (Å²) in [6.45, 7) is 1.13. The van der Waals surface area contributed by atoms with Crippen LogP contribution < -0.4 is 0 Å². The highest BCUT2D eigenvalue weighted by Crippen LogP contribution is 2.16. The molecule has 25 heavy (non-hydrogen) atoms. The summed E-state index contributed by atoms with van der Waals surface area (Å²) >= 11 is 0. The minimum absolute atomic E-state index is 0.0807. The topological polar surface area (TPSA) is 53.5 Å². The molecule has 1 aliphatic heterocycles. The first-order valence-corrected chi connectivity index (χ1v) is 7.97. The lowest BCUT2D eigenvalue weighted by Crippen LogP contribution is -2.51. The molecular weight excluding hydrogens is 328 g/mol. The molecule has 5 nitrogen and oxygen atoms in total. The number of hydrogen-bond acceptors (Lipinski definition) is 3. The maximum Gasteiger partial charge on any atom is 0.259 e. The van der Waals surface area contributed by atoms with E-state index >= 15 is 0 Å². The fourth-order valence-electron chi connectivity index (χ4n) is 2.79. The van der Waals surface area contributed by atoms with Crippen LogP contribution in [0.25, 0.3) is 0 Å². The fraction of sp³-hybridized carbons (Fsp3) is 0.278. The van der Waals surface area contributed by atoms with Crippen molar-refractivity contribution in [3.05, 3.63) is 65.5 Å². The molecule has 2 aromatic rings. The lowest BCUT2D eigenvalue weighted by molar-refractivity contribution is -0.132. The van der Waals surface area contributed by atoms with E-state index < -0.39 is 23.1 Å². The minimum Gasteiger partial charge on any atom is -0.339 e. The second-order valence-electron chi connectivity index (χ2n) is 5.77. The average Bonchev–Trinajstić information content (AvgIpc) is 2.62. The Morgan fingerprint density at radius 3 is 2.16 bits per heavy atom. The van der Waals surface area contributed by atoms with Crippen molar-refractivity contribution in [3.8, 4) is 0 Å². The van der Waals surface area contributed by atoms with Crippen LogP contribution >= 0.6 is 0 Å². The van der Waals surface area contributed by atoms with Crippen molar-refractivity contribution in [3.63, 3.8) is 0 Å². The molecule has 1 fully saturated rings. The smallest absolute Gasteiger partial charge is 0.259 e. The molecule has 2 heterocycles. The molecule has 0 aliphatic carbocycles. The van der Waals surface area contributed by atoms with E-state index in [1.54, 1.807) is 23.2 Å². The van der Waals surface area contributed by atoms with Gasteiger partial charge in [-0.05, 0) is 24.3 Å². The Kier molecular flexibility index (Phi) is 5.02. The van der Waals surface area contributed by atoms with Crippen molar-refractivity contribution in [2.24, 2.45) is 0 Å². The zero-order valence-electron chi connectivity index (χ0n) is 13.5. The Hall–Kier alpha value is -2.83. The molecule has 0 spiro atoms. The third-order valence-electron chi connectivity index (χ3n) is 4.15. The Morgan fingerprint density at radius 2 is 1.56 bits per heavy atom. The molecular formula is C18H17F2N3O2. The van der Waals surface area contributed by atoms with Crippen molar-refractivity contribution in [1.29, 1.82) is 0 Å². The summed E-state index contributed by atoms with van der Waals surface area (Å²) in [5.74, 6) is -2.52. The van der Waals surface area contributed by atoms with Gasteiger partial charge in [-0.2, -0.15) is 0 Å². The monoisotopic (exact) mass is 345 g/mol. The molecule has 0 unspecified atom stereocenters. The van der Waals surface area contributed by atoms with Crippen molar-refractivity contribution in [1.82, 2.24) is 14.8 Å². The SMILES string of the molecule is O=C(Cc1ccccn1)N1CCN(C(=O)c2c(F)cccc2F)CC1. The van der Waals surface area contributed by atoms with Crippen LogP contribution in [0.15, 0.2) is 42.6 Å². The maximum atomic E-state index is 13.7. The second kappa shape index (κ2) is 7.38. The Morgan fingerprint density at radius 1 is 0.920 bits per heavy atom. The summed E-state index contributed by atoms with van der Waals surface area (Å²) in [5.41, 5.74) is 0.134. The van der Waals surface area contributed by atoms with E-state index in [2.05, 4.69) is 4.98 Å². The predicted molar refractivity (Wildman–Crippen MR) is 86.8 cm³/mol. The molecule has 130 valence electrons. The van der Waals surface area contributed by atoms with Gasteiger partial charge in [-0.3, -0.25) is 14.6 Å². The van der Waals surface area contributed by atoms with Crippen molar-refractivity contribution >= 4 is 11.8 Å². The third-order valence-corrected chi connectivity index (χ3v) is 4.15. The summed E-state index contributed by atoms with van der Waals surface area (Å²) < 4.78 is 27.5. The van der Waals surface area contributed by atoms with Gasteiger partial charge in [-0.15, -0.1) is 0 Å². The normalized spacial score (nSPS) is 14.5. The number of carbonyl (C=O) groups is 2. The van der Waals surface area contributed by atoms with Crippen molar-refractivity contribution in [2.45, 2.75) is 6.42 Å². The van der Waals surface area contributed by atoms with E-state index in [0.29, 0.717) is 18.8 Å². The van der Waals surface area contributed by atoms with E-state index in [0.717, 1.165) is 12.1 Å². The van der Waals surface area contributed by atoms with Crippen molar-refractivity contribution < 1.29 is 18.4 Å². The van der Waals surface area contributed by atoms with Crippen LogP contribution in [0.2, 0.25) is 0 Å². The first-order valence-electron chi connectivity index (χ1n) is 7.97. The number of piperazine rings is 1. The molecule has 1 aliphatic rings. The summed E-state index contributed by atoms with van der Waals surface area (Å²) in [4.78, 5) is 31.7. The van der Waals surface area contributed by atoms with E-state index in [-0.39, 0.29) is 25.4 Å². The first-order chi connectivity index (χ1) is 12.1. The lowest BCUT2D eigenvalue weighted by Gasteiger charge is -2.35. The summed E-state index contributed by atoms with van der Waals surface area (Å²) in [7, 11) is 0. The quantitative estimate of drug-likeness (QED) is 0.854. The predicted octanol–water partition coefficient (Wildman–Crippen LogP) is 1.89. The van der Waals surface area contributed by atoms with Gasteiger partial charge in [0.25, 0.3) is 5.91 Å². The molecule has 0 bridgehead atoms. The summed E-state index contributed by atoms with van der Waals surface area (Å²) in [6.07, 6.45) is 1.82. The lowest BCUT2D eigenvalue weighted by atomic mass is 10.1. The maximum absolute atomic E-state index is 13.7. The number of benzene rings is 1. The molecule has 7 heteroatoms. The Balaban J connectivity index is 1.60. The van der Waals surface area contributed by atoms with E-state index in [1.807, 2.05) is 6.07 Å². The van der Waals surface area contributed by atoms with Gasteiger partial charge < -0.3 is 9.80 Å². The highest BCUT2D eigenvalue weighted by atomic mass is 19.1. The number of aromatic nitrogens is 1. The van der Waals surface area contributed by atoms with Gasteiger partial charge >= 0.3 is 0 Å². The Bertz CT molecular complexity index is 755. The first kappa shape index (κ1) is 17.0. The summed E-state index contributed by atoms with van der Waals surface area (Å²) in [5, 5.41) is 0. The van der Waals surface area contributed by atoms with Crippen LogP contribution in [-0.4, -0.2) is 52.8 Å². The molecule has 0 atom stereocenters. The Labute approximate surface area is 143 Å². The highest BCUT2D eigenvalue weighted by molar-refractivity contribution is 5.95. The van der Waals surface area contributed by atoms with Gasteiger partial charge in [-0.25, -0.2) is 8.78 Å². The van der Waals surface area contributed by atoms with Gasteiger partial charge in [0, 0.05) is 38.1 Å². The van der Waals surface area contributed by atoms with Gasteiger partial charge in [0.15, 0.2) is 0 Å². The van der Waals surface area contributed by atoms with Gasteiger partial charge in [0.05, 0.1) is 6.42 Å². The zero-order valence-corrected chi connectivity index (χ0v) is 13.5. The molecule has 2 amide bonds. The molecule has 3 rings (SSSR count). The van der Waals surface area contributed by atoms with Gasteiger partial charge in [0.1, 0.15) is 17.2 Å². The molecule has 1 aromatic carbocycles. The van der Waals surface area contributed by atoms with E-state index in [1.165, 1.54) is 11.0 Å². The standard InChI is InChI=1S/C18H17F2N3O2/c19-14-5-3-6-15(20)17(14)18(25)23-10-8-22(9-11-23)16(24)12-13-4-1-2-7-21-13/h1-7H,8-12H2. The molecule has 0 N–H and O–H groups in total. The van der Waals surface area contributed by atoms with Gasteiger partial charge in [0.2, 0.25) is 5.91 Å². The van der Waals surface area contributed by atoms with Crippen LogP contribution in [0, 0.1) is 11.6 Å². The van der Waals surface area contributed by atoms with Crippen LogP contribution in [-0.2, 0) is 11.2 Å². The number of carbonyl (C=O) groups excluding carboxylic acids is 2. The van der Waals surface area contributed by atoms with E-state index in [4.69, 9.17) is 0 Å². The second-order valence-corrected chi connectivity index (χ2v) is 5.77. The number of halogens is 2. The number of rotatable bonds is 3. The van der Waals surface area contributed by atoms with Gasteiger partial charge in [-0.1, -0.05) is 12.1 Å². The largest absolute Gasteiger partial charge is 0.339 e. The van der Waals surface area contributed by atoms with Crippen LogP contribution in [0.5, 0.6) is 0 Å². The molecule has 1 aromatic heterocycles. The number of nitrogens with zero attached hydrogens (tertiary/aromatic N) is 3. The minimum atomic E-state index is -0.876. The average molecular weight is 345 g/mol. The third kappa shape index (κ3) is 3.81. The van der Waals surface area contributed by atoms with Crippen LogP contribution in [0.4, 0.5) is 8.78 Å². The number of pyridine rings is 1. The van der Waals surface area contributed by atoms with E-state index in [9.17, 15) is 18.4 Å². The fourth-order valence-corrected chi connectivity index (χ4v) is 2.79. The molecule has 0 radical (unpaired) electrons. The van der Waals surface area contributed by atoms with Crippen molar-refractivity contribution in [2.75, 3.05) is 26.2 Å². The summed E-state index contributed by atoms with van der Waals surface area (Å²) in [6, 6.07) is 8.70. The number of hydrogen-bond donors (Lipinski definition) is 0. The molecule has 1 saturated heterocycles. The zero-order chi connectivity index (χ0) is 17.8. The molecule has 0 saturated carbocycles. The number of amides is 2.